The lowest BCUT2D eigenvalue weighted by Gasteiger charge is -2.09. The van der Waals surface area contributed by atoms with Crippen LogP contribution in [-0.4, -0.2) is 24.2 Å². The summed E-state index contributed by atoms with van der Waals surface area (Å²) in [4.78, 5) is 18.4. The molecule has 0 radical (unpaired) electrons. The summed E-state index contributed by atoms with van der Waals surface area (Å²) in [5, 5.41) is 0. The van der Waals surface area contributed by atoms with Crippen molar-refractivity contribution in [2.24, 2.45) is 0 Å². The number of halogens is 1. The molecule has 0 fully saturated rings. The molecule has 1 aromatic heterocycles. The van der Waals surface area contributed by atoms with Gasteiger partial charge in [-0.1, -0.05) is 0 Å². The second kappa shape index (κ2) is 5.75. The largest absolute Gasteiger partial charge is 0.493 e. The van der Waals surface area contributed by atoms with E-state index in [-0.39, 0.29) is 11.4 Å². The van der Waals surface area contributed by atoms with Gasteiger partial charge in [0.1, 0.15) is 5.82 Å². The summed E-state index contributed by atoms with van der Waals surface area (Å²) in [5.41, 5.74) is 1.01. The molecule has 1 heterocycles. The highest BCUT2D eigenvalue weighted by atomic mass is 35.5. The lowest BCUT2D eigenvalue weighted by Crippen LogP contribution is -2.09. The van der Waals surface area contributed by atoms with E-state index < -0.39 is 0 Å². The molecule has 1 aromatic carbocycles. The maximum absolute atomic E-state index is 11.5. The van der Waals surface area contributed by atoms with Crippen LogP contribution < -0.4 is 15.0 Å². The van der Waals surface area contributed by atoms with E-state index in [1.54, 1.807) is 32.4 Å². The average Bonchev–Trinajstić information content (AvgIpc) is 2.45. The number of aromatic nitrogens is 2. The van der Waals surface area contributed by atoms with Crippen LogP contribution in [0.1, 0.15) is 5.69 Å². The average molecular weight is 281 g/mol. The lowest BCUT2D eigenvalue weighted by molar-refractivity contribution is 0.355. The zero-order valence-corrected chi connectivity index (χ0v) is 11.3. The monoisotopic (exact) mass is 280 g/mol. The summed E-state index contributed by atoms with van der Waals surface area (Å²) < 4.78 is 10.4. The Hall–Kier alpha value is -2.01. The summed E-state index contributed by atoms with van der Waals surface area (Å²) in [5.74, 6) is 1.81. The van der Waals surface area contributed by atoms with Gasteiger partial charge in [0.05, 0.1) is 25.8 Å². The Balaban J connectivity index is 2.52. The molecule has 0 bridgehead atoms. The van der Waals surface area contributed by atoms with Crippen molar-refractivity contribution in [2.45, 2.75) is 5.88 Å². The Labute approximate surface area is 115 Å². The van der Waals surface area contributed by atoms with Crippen LogP contribution in [0, 0.1) is 0 Å². The molecule has 5 nitrogen and oxygen atoms in total. The van der Waals surface area contributed by atoms with Crippen molar-refractivity contribution in [2.75, 3.05) is 14.2 Å². The van der Waals surface area contributed by atoms with Gasteiger partial charge in [-0.3, -0.25) is 4.79 Å². The molecule has 0 saturated carbocycles. The van der Waals surface area contributed by atoms with Crippen molar-refractivity contribution in [1.82, 2.24) is 9.97 Å². The Morgan fingerprint density at radius 2 is 1.95 bits per heavy atom. The third-order valence-electron chi connectivity index (χ3n) is 2.59. The van der Waals surface area contributed by atoms with E-state index in [0.29, 0.717) is 23.0 Å². The van der Waals surface area contributed by atoms with E-state index in [9.17, 15) is 4.79 Å². The van der Waals surface area contributed by atoms with Crippen LogP contribution in [0.15, 0.2) is 29.1 Å². The molecule has 19 heavy (non-hydrogen) atoms. The second-order valence-electron chi connectivity index (χ2n) is 3.79. The van der Waals surface area contributed by atoms with Gasteiger partial charge in [0.15, 0.2) is 11.5 Å². The smallest absolute Gasteiger partial charge is 0.251 e. The van der Waals surface area contributed by atoms with Gasteiger partial charge in [-0.15, -0.1) is 11.6 Å². The van der Waals surface area contributed by atoms with Crippen molar-refractivity contribution in [3.8, 4) is 22.9 Å². The van der Waals surface area contributed by atoms with E-state index in [4.69, 9.17) is 21.1 Å². The molecular weight excluding hydrogens is 268 g/mol. The van der Waals surface area contributed by atoms with E-state index in [0.717, 1.165) is 5.56 Å². The third-order valence-corrected chi connectivity index (χ3v) is 2.86. The van der Waals surface area contributed by atoms with Gasteiger partial charge in [0.25, 0.3) is 5.56 Å². The number of alkyl halides is 1. The predicted octanol–water partition coefficient (Wildman–Crippen LogP) is 2.19. The highest BCUT2D eigenvalue weighted by Crippen LogP contribution is 2.30. The summed E-state index contributed by atoms with van der Waals surface area (Å²) in [6, 6.07) is 6.66. The number of nitrogens with one attached hydrogen (secondary N) is 1. The fourth-order valence-corrected chi connectivity index (χ4v) is 1.83. The zero-order valence-electron chi connectivity index (χ0n) is 10.6. The number of nitrogens with zero attached hydrogens (tertiary/aromatic N) is 1. The molecule has 2 rings (SSSR count). The van der Waals surface area contributed by atoms with E-state index >= 15 is 0 Å². The van der Waals surface area contributed by atoms with Gasteiger partial charge < -0.3 is 14.5 Å². The highest BCUT2D eigenvalue weighted by molar-refractivity contribution is 6.16. The molecule has 0 unspecified atom stereocenters. The first kappa shape index (κ1) is 13.4. The van der Waals surface area contributed by atoms with Gasteiger partial charge in [-0.2, -0.15) is 0 Å². The minimum absolute atomic E-state index is 0.185. The minimum Gasteiger partial charge on any atom is -0.493 e. The number of hydrogen-bond donors (Lipinski definition) is 1. The summed E-state index contributed by atoms with van der Waals surface area (Å²) in [6.45, 7) is 0. The molecule has 0 saturated heterocycles. The number of benzene rings is 1. The fraction of sp³-hybridized carbons (Fsp3) is 0.231. The highest BCUT2D eigenvalue weighted by Gasteiger charge is 2.08. The van der Waals surface area contributed by atoms with Crippen molar-refractivity contribution in [3.63, 3.8) is 0 Å². The number of rotatable bonds is 4. The van der Waals surface area contributed by atoms with Crippen LogP contribution in [0.5, 0.6) is 11.5 Å². The molecule has 0 amide bonds. The molecule has 0 atom stereocenters. The summed E-state index contributed by atoms with van der Waals surface area (Å²) in [7, 11) is 3.11. The number of methoxy groups -OCH3 is 2. The number of aromatic amines is 1. The molecule has 6 heteroatoms. The van der Waals surface area contributed by atoms with Crippen LogP contribution in [0.2, 0.25) is 0 Å². The first-order chi connectivity index (χ1) is 9.17. The molecule has 100 valence electrons. The first-order valence-corrected chi connectivity index (χ1v) is 6.10. The van der Waals surface area contributed by atoms with Crippen LogP contribution in [0.25, 0.3) is 11.4 Å². The predicted molar refractivity (Wildman–Crippen MR) is 73.0 cm³/mol. The van der Waals surface area contributed by atoms with Crippen LogP contribution in [-0.2, 0) is 5.88 Å². The number of hydrogen-bond acceptors (Lipinski definition) is 4. The Morgan fingerprint density at radius 3 is 2.58 bits per heavy atom. The maximum Gasteiger partial charge on any atom is 0.251 e. The summed E-state index contributed by atoms with van der Waals surface area (Å²) >= 11 is 5.70. The topological polar surface area (TPSA) is 64.2 Å². The van der Waals surface area contributed by atoms with Crippen molar-refractivity contribution >= 4 is 11.6 Å². The van der Waals surface area contributed by atoms with Crippen LogP contribution in [0.4, 0.5) is 0 Å². The number of H-pyrrole nitrogens is 1. The lowest BCUT2D eigenvalue weighted by atomic mass is 10.2. The van der Waals surface area contributed by atoms with Gasteiger partial charge in [0.2, 0.25) is 0 Å². The number of ether oxygens (including phenoxy) is 2. The molecule has 0 aliphatic heterocycles. The Kier molecular flexibility index (Phi) is 4.06. The van der Waals surface area contributed by atoms with Gasteiger partial charge >= 0.3 is 0 Å². The quantitative estimate of drug-likeness (QED) is 0.872. The first-order valence-electron chi connectivity index (χ1n) is 5.56. The second-order valence-corrected chi connectivity index (χ2v) is 4.06. The van der Waals surface area contributed by atoms with Crippen LogP contribution >= 0.6 is 11.6 Å². The van der Waals surface area contributed by atoms with Crippen molar-refractivity contribution in [1.29, 1.82) is 0 Å². The molecular formula is C13H13ClN2O3. The van der Waals surface area contributed by atoms with Crippen molar-refractivity contribution in [3.05, 3.63) is 40.3 Å². The SMILES string of the molecule is COc1ccc(-c2nc(CCl)cc(=O)[nH]2)cc1OC. The van der Waals surface area contributed by atoms with E-state index in [1.807, 2.05) is 0 Å². The molecule has 0 aliphatic carbocycles. The molecule has 2 aromatic rings. The van der Waals surface area contributed by atoms with Crippen LogP contribution in [0.3, 0.4) is 0 Å². The standard InChI is InChI=1S/C13H13ClN2O3/c1-18-10-4-3-8(5-11(10)19-2)13-15-9(7-14)6-12(17)16-13/h3-6H,7H2,1-2H3,(H,15,16,17). The molecule has 1 N–H and O–H groups in total. The van der Waals surface area contributed by atoms with Gasteiger partial charge in [-0.25, -0.2) is 4.98 Å². The molecule has 0 spiro atoms. The van der Waals surface area contributed by atoms with Crippen molar-refractivity contribution < 1.29 is 9.47 Å². The minimum atomic E-state index is -0.240. The summed E-state index contributed by atoms with van der Waals surface area (Å²) in [6.07, 6.45) is 0. The zero-order chi connectivity index (χ0) is 13.8. The Morgan fingerprint density at radius 1 is 1.21 bits per heavy atom. The third kappa shape index (κ3) is 2.88. The normalized spacial score (nSPS) is 10.3. The Bertz CT molecular complexity index is 640. The van der Waals surface area contributed by atoms with E-state index in [1.165, 1.54) is 6.07 Å². The maximum atomic E-state index is 11.5. The fourth-order valence-electron chi connectivity index (χ4n) is 1.70. The van der Waals surface area contributed by atoms with Gasteiger partial charge in [0, 0.05) is 11.6 Å². The van der Waals surface area contributed by atoms with E-state index in [2.05, 4.69) is 9.97 Å². The van der Waals surface area contributed by atoms with Gasteiger partial charge in [-0.05, 0) is 18.2 Å². The molecule has 0 aliphatic rings.